The van der Waals surface area contributed by atoms with Crippen molar-refractivity contribution >= 4 is 5.90 Å². The van der Waals surface area contributed by atoms with Crippen LogP contribution >= 0.6 is 0 Å². The molecule has 0 aromatic heterocycles. The van der Waals surface area contributed by atoms with E-state index in [0.717, 1.165) is 0 Å². The van der Waals surface area contributed by atoms with Gasteiger partial charge in [-0.3, -0.25) is 5.41 Å². The summed E-state index contributed by atoms with van der Waals surface area (Å²) in [7, 11) is 0. The molecular formula is C4H6F3NO. The summed E-state index contributed by atoms with van der Waals surface area (Å²) < 4.78 is 37.7. The predicted molar refractivity (Wildman–Crippen MR) is 25.4 cm³/mol. The van der Waals surface area contributed by atoms with Crippen molar-refractivity contribution in [1.82, 2.24) is 0 Å². The van der Waals surface area contributed by atoms with Gasteiger partial charge < -0.3 is 4.74 Å². The Bertz CT molecular complexity index is 109. The van der Waals surface area contributed by atoms with E-state index in [0.29, 0.717) is 0 Å². The number of nitrogens with one attached hydrogen (secondary N) is 1. The van der Waals surface area contributed by atoms with Crippen LogP contribution < -0.4 is 0 Å². The molecule has 0 aliphatic carbocycles. The Morgan fingerprint density at radius 3 is 2.11 bits per heavy atom. The molecule has 0 radical (unpaired) electrons. The molecule has 0 atom stereocenters. The van der Waals surface area contributed by atoms with Gasteiger partial charge in [0.1, 0.15) is 0 Å². The van der Waals surface area contributed by atoms with Gasteiger partial charge in [-0.15, -0.1) is 0 Å². The summed E-state index contributed by atoms with van der Waals surface area (Å²) in [6.45, 7) is 1.26. The van der Waals surface area contributed by atoms with Crippen molar-refractivity contribution in [1.29, 1.82) is 5.41 Å². The molecule has 0 spiro atoms. The lowest BCUT2D eigenvalue weighted by molar-refractivity contribution is -0.0788. The fourth-order valence-corrected chi connectivity index (χ4v) is 0.226. The molecule has 0 aliphatic heterocycles. The lowest BCUT2D eigenvalue weighted by atomic mass is 10.6. The second-order valence-electron chi connectivity index (χ2n) is 1.26. The van der Waals surface area contributed by atoms with E-state index < -0.39 is 12.1 Å². The Labute approximate surface area is 50.1 Å². The normalized spacial score (nSPS) is 11.1. The fourth-order valence-electron chi connectivity index (χ4n) is 0.226. The van der Waals surface area contributed by atoms with Gasteiger partial charge in [0, 0.05) is 0 Å². The van der Waals surface area contributed by atoms with Crippen LogP contribution in [0.4, 0.5) is 13.2 Å². The molecule has 2 nitrogen and oxygen atoms in total. The van der Waals surface area contributed by atoms with E-state index in [2.05, 4.69) is 4.74 Å². The summed E-state index contributed by atoms with van der Waals surface area (Å²) in [5.74, 6) is -1.63. The summed E-state index contributed by atoms with van der Waals surface area (Å²) in [6, 6.07) is 0. The van der Waals surface area contributed by atoms with Crippen LogP contribution in [-0.4, -0.2) is 18.7 Å². The highest BCUT2D eigenvalue weighted by Gasteiger charge is 2.36. The second kappa shape index (κ2) is 2.70. The molecule has 5 heteroatoms. The third-order valence-electron chi connectivity index (χ3n) is 0.546. The average Bonchev–Trinajstić information content (AvgIpc) is 1.64. The Hall–Kier alpha value is -0.740. The van der Waals surface area contributed by atoms with E-state index in [-0.39, 0.29) is 6.61 Å². The molecular weight excluding hydrogens is 135 g/mol. The van der Waals surface area contributed by atoms with Crippen molar-refractivity contribution in [2.24, 2.45) is 0 Å². The first-order valence-electron chi connectivity index (χ1n) is 2.27. The van der Waals surface area contributed by atoms with E-state index in [4.69, 9.17) is 5.41 Å². The Kier molecular flexibility index (Phi) is 2.48. The van der Waals surface area contributed by atoms with Crippen molar-refractivity contribution in [2.45, 2.75) is 13.1 Å². The topological polar surface area (TPSA) is 33.1 Å². The maximum absolute atomic E-state index is 11.3. The third kappa shape index (κ3) is 2.94. The first kappa shape index (κ1) is 8.26. The monoisotopic (exact) mass is 141 g/mol. The fraction of sp³-hybridized carbons (Fsp3) is 0.750. The van der Waals surface area contributed by atoms with Gasteiger partial charge in [0.25, 0.3) is 5.90 Å². The second-order valence-corrected chi connectivity index (χ2v) is 1.26. The Morgan fingerprint density at radius 2 is 2.00 bits per heavy atom. The zero-order valence-corrected chi connectivity index (χ0v) is 4.75. The summed E-state index contributed by atoms with van der Waals surface area (Å²) in [5, 5.41) is 6.19. The number of alkyl halides is 3. The van der Waals surface area contributed by atoms with E-state index in [9.17, 15) is 13.2 Å². The van der Waals surface area contributed by atoms with Gasteiger partial charge >= 0.3 is 6.18 Å². The van der Waals surface area contributed by atoms with Crippen LogP contribution in [-0.2, 0) is 4.74 Å². The van der Waals surface area contributed by atoms with Crippen molar-refractivity contribution in [2.75, 3.05) is 6.61 Å². The Morgan fingerprint density at radius 1 is 1.56 bits per heavy atom. The quantitative estimate of drug-likeness (QED) is 0.436. The molecule has 0 fully saturated rings. The van der Waals surface area contributed by atoms with Gasteiger partial charge in [-0.2, -0.15) is 13.2 Å². The molecule has 0 aromatic carbocycles. The summed E-state index contributed by atoms with van der Waals surface area (Å²) >= 11 is 0. The number of hydrogen-bond acceptors (Lipinski definition) is 2. The zero-order valence-electron chi connectivity index (χ0n) is 4.75. The smallest absolute Gasteiger partial charge is 0.467 e. The lowest BCUT2D eigenvalue weighted by Gasteiger charge is -2.06. The van der Waals surface area contributed by atoms with E-state index in [1.807, 2.05) is 0 Å². The molecule has 9 heavy (non-hydrogen) atoms. The number of rotatable bonds is 1. The van der Waals surface area contributed by atoms with Crippen LogP contribution in [0.25, 0.3) is 0 Å². The van der Waals surface area contributed by atoms with E-state index >= 15 is 0 Å². The number of hydrogen-bond donors (Lipinski definition) is 1. The molecule has 0 aromatic rings. The van der Waals surface area contributed by atoms with Gasteiger partial charge in [-0.1, -0.05) is 0 Å². The maximum Gasteiger partial charge on any atom is 0.467 e. The number of ether oxygens (including phenoxy) is 1. The predicted octanol–water partition coefficient (Wildman–Crippen LogP) is 1.56. The largest absolute Gasteiger partial charge is 0.475 e. The van der Waals surface area contributed by atoms with E-state index in [1.54, 1.807) is 0 Å². The van der Waals surface area contributed by atoms with E-state index in [1.165, 1.54) is 6.92 Å². The highest BCUT2D eigenvalue weighted by Crippen LogP contribution is 2.16. The molecule has 0 saturated carbocycles. The lowest BCUT2D eigenvalue weighted by Crippen LogP contribution is -2.24. The summed E-state index contributed by atoms with van der Waals surface area (Å²) in [5.41, 5.74) is 0. The SMILES string of the molecule is CCOC(=N)C(F)(F)F. The van der Waals surface area contributed by atoms with Crippen LogP contribution in [0, 0.1) is 5.41 Å². The highest BCUT2D eigenvalue weighted by atomic mass is 19.4. The molecule has 0 saturated heterocycles. The molecule has 0 heterocycles. The van der Waals surface area contributed by atoms with Crippen LogP contribution in [0.2, 0.25) is 0 Å². The van der Waals surface area contributed by atoms with Gasteiger partial charge in [0.2, 0.25) is 0 Å². The summed E-state index contributed by atoms with van der Waals surface area (Å²) in [4.78, 5) is 0. The minimum atomic E-state index is -4.63. The van der Waals surface area contributed by atoms with Crippen molar-refractivity contribution in [3.8, 4) is 0 Å². The van der Waals surface area contributed by atoms with Crippen molar-refractivity contribution in [3.63, 3.8) is 0 Å². The minimum absolute atomic E-state index is 0.127. The average molecular weight is 141 g/mol. The summed E-state index contributed by atoms with van der Waals surface area (Å²) in [6.07, 6.45) is -4.63. The molecule has 0 unspecified atom stereocenters. The van der Waals surface area contributed by atoms with Gasteiger partial charge in [-0.05, 0) is 6.92 Å². The molecule has 0 rings (SSSR count). The van der Waals surface area contributed by atoms with Crippen molar-refractivity contribution < 1.29 is 17.9 Å². The Balaban J connectivity index is 3.74. The van der Waals surface area contributed by atoms with Crippen LogP contribution in [0.3, 0.4) is 0 Å². The van der Waals surface area contributed by atoms with Gasteiger partial charge in [0.15, 0.2) is 0 Å². The van der Waals surface area contributed by atoms with Crippen LogP contribution in [0.15, 0.2) is 0 Å². The third-order valence-corrected chi connectivity index (χ3v) is 0.546. The van der Waals surface area contributed by atoms with Crippen LogP contribution in [0.1, 0.15) is 6.92 Å². The highest BCUT2D eigenvalue weighted by molar-refractivity contribution is 5.78. The molecule has 0 amide bonds. The first-order chi connectivity index (χ1) is 3.98. The maximum atomic E-state index is 11.3. The minimum Gasteiger partial charge on any atom is -0.475 e. The van der Waals surface area contributed by atoms with Crippen molar-refractivity contribution in [3.05, 3.63) is 0 Å². The standard InChI is InChI=1S/C4H6F3NO/c1-2-9-3(8)4(5,6)7/h8H,2H2,1H3. The molecule has 54 valence electrons. The molecule has 0 bridgehead atoms. The van der Waals surface area contributed by atoms with Gasteiger partial charge in [-0.25, -0.2) is 0 Å². The zero-order chi connectivity index (χ0) is 7.49. The number of halogens is 3. The van der Waals surface area contributed by atoms with Gasteiger partial charge in [0.05, 0.1) is 6.61 Å². The molecule has 0 aliphatic rings. The van der Waals surface area contributed by atoms with Crippen LogP contribution in [0.5, 0.6) is 0 Å². The first-order valence-corrected chi connectivity index (χ1v) is 2.27. The molecule has 1 N–H and O–H groups in total.